The Morgan fingerprint density at radius 2 is 1.97 bits per heavy atom. The minimum Gasteiger partial charge on any atom is -0.475 e. The number of amides is 1. The first-order valence-corrected chi connectivity index (χ1v) is 9.96. The number of methoxy groups -OCH3 is 1. The van der Waals surface area contributed by atoms with E-state index in [0.717, 1.165) is 12.1 Å². The standard InChI is InChI=1S/C22H25F3N2O4/c1-29-12-13-31-19-16(4-3-9-26-19)15-27-20(28)21(7-10-30-11-8-21)17-5-2-6-18(14-17)22(23,24)25/h2-6,9,14H,7-8,10-13,15H2,1H3,(H,27,28). The summed E-state index contributed by atoms with van der Waals surface area (Å²) in [5.41, 5.74) is -0.868. The molecule has 9 heteroatoms. The van der Waals surface area contributed by atoms with Gasteiger partial charge in [-0.1, -0.05) is 24.3 Å². The molecule has 0 saturated carbocycles. The zero-order valence-electron chi connectivity index (χ0n) is 17.2. The highest BCUT2D eigenvalue weighted by molar-refractivity contribution is 5.88. The highest BCUT2D eigenvalue weighted by Gasteiger charge is 2.43. The number of ether oxygens (including phenoxy) is 3. The first kappa shape index (κ1) is 23.0. The number of pyridine rings is 1. The van der Waals surface area contributed by atoms with Gasteiger partial charge in [-0.3, -0.25) is 4.79 Å². The number of nitrogens with zero attached hydrogens (tertiary/aromatic N) is 1. The van der Waals surface area contributed by atoms with Gasteiger partial charge in [0.1, 0.15) is 6.61 Å². The molecule has 1 aliphatic rings. The van der Waals surface area contributed by atoms with Gasteiger partial charge < -0.3 is 19.5 Å². The molecule has 6 nitrogen and oxygen atoms in total. The van der Waals surface area contributed by atoms with Crippen LogP contribution in [-0.4, -0.2) is 44.4 Å². The molecule has 0 radical (unpaired) electrons. The van der Waals surface area contributed by atoms with Crippen molar-refractivity contribution >= 4 is 5.91 Å². The van der Waals surface area contributed by atoms with Crippen molar-refractivity contribution in [2.75, 3.05) is 33.5 Å². The number of nitrogens with one attached hydrogen (secondary N) is 1. The van der Waals surface area contributed by atoms with E-state index < -0.39 is 17.2 Å². The van der Waals surface area contributed by atoms with Crippen LogP contribution in [-0.2, 0) is 32.4 Å². The van der Waals surface area contributed by atoms with E-state index in [1.54, 1.807) is 31.5 Å². The predicted octanol–water partition coefficient (Wildman–Crippen LogP) is 3.49. The molecule has 0 spiro atoms. The summed E-state index contributed by atoms with van der Waals surface area (Å²) >= 11 is 0. The van der Waals surface area contributed by atoms with E-state index in [4.69, 9.17) is 14.2 Å². The van der Waals surface area contributed by atoms with Crippen LogP contribution in [0.15, 0.2) is 42.6 Å². The first-order valence-electron chi connectivity index (χ1n) is 9.96. The molecular formula is C22H25F3N2O4. The zero-order chi connectivity index (χ0) is 22.3. The lowest BCUT2D eigenvalue weighted by molar-refractivity contribution is -0.138. The third kappa shape index (κ3) is 5.54. The van der Waals surface area contributed by atoms with Crippen LogP contribution in [0, 0.1) is 0 Å². The highest BCUT2D eigenvalue weighted by atomic mass is 19.4. The van der Waals surface area contributed by atoms with Crippen molar-refractivity contribution in [1.82, 2.24) is 10.3 Å². The van der Waals surface area contributed by atoms with E-state index in [9.17, 15) is 18.0 Å². The minimum atomic E-state index is -4.48. The van der Waals surface area contributed by atoms with Crippen molar-refractivity contribution in [1.29, 1.82) is 0 Å². The fourth-order valence-electron chi connectivity index (χ4n) is 3.61. The van der Waals surface area contributed by atoms with Gasteiger partial charge in [-0.05, 0) is 30.5 Å². The van der Waals surface area contributed by atoms with E-state index >= 15 is 0 Å². The SMILES string of the molecule is COCCOc1ncccc1CNC(=O)C1(c2cccc(C(F)(F)F)c2)CCOCC1. The Bertz CT molecular complexity index is 883. The van der Waals surface area contributed by atoms with Gasteiger partial charge in [0.25, 0.3) is 0 Å². The average Bonchev–Trinajstić information content (AvgIpc) is 2.78. The van der Waals surface area contributed by atoms with Crippen molar-refractivity contribution < 1.29 is 32.2 Å². The Hall–Kier alpha value is -2.65. The van der Waals surface area contributed by atoms with Crippen molar-refractivity contribution in [2.24, 2.45) is 0 Å². The summed E-state index contributed by atoms with van der Waals surface area (Å²) in [5, 5.41) is 2.87. The molecule has 2 heterocycles. The number of benzene rings is 1. The largest absolute Gasteiger partial charge is 0.475 e. The van der Waals surface area contributed by atoms with Gasteiger partial charge in [0.2, 0.25) is 11.8 Å². The first-order chi connectivity index (χ1) is 14.9. The monoisotopic (exact) mass is 438 g/mol. The van der Waals surface area contributed by atoms with Crippen LogP contribution in [0.2, 0.25) is 0 Å². The molecule has 3 rings (SSSR count). The third-order valence-electron chi connectivity index (χ3n) is 5.34. The molecule has 1 aromatic carbocycles. The molecule has 168 valence electrons. The van der Waals surface area contributed by atoms with Gasteiger partial charge in [-0.15, -0.1) is 0 Å². The lowest BCUT2D eigenvalue weighted by Gasteiger charge is -2.36. The third-order valence-corrected chi connectivity index (χ3v) is 5.34. The summed E-state index contributed by atoms with van der Waals surface area (Å²) in [6.07, 6.45) is -2.31. The highest BCUT2D eigenvalue weighted by Crippen LogP contribution is 2.38. The zero-order valence-corrected chi connectivity index (χ0v) is 17.2. The van der Waals surface area contributed by atoms with E-state index in [1.807, 2.05) is 0 Å². The molecule has 0 aliphatic carbocycles. The molecular weight excluding hydrogens is 413 g/mol. The quantitative estimate of drug-likeness (QED) is 0.639. The molecule has 0 bridgehead atoms. The summed E-state index contributed by atoms with van der Waals surface area (Å²) in [4.78, 5) is 17.5. The second kappa shape index (κ2) is 10.1. The number of hydrogen-bond acceptors (Lipinski definition) is 5. The van der Waals surface area contributed by atoms with Crippen molar-refractivity contribution in [3.8, 4) is 5.88 Å². The van der Waals surface area contributed by atoms with Crippen LogP contribution < -0.4 is 10.1 Å². The Morgan fingerprint density at radius 3 is 2.68 bits per heavy atom. The Balaban J connectivity index is 1.81. The lowest BCUT2D eigenvalue weighted by atomic mass is 9.73. The van der Waals surface area contributed by atoms with Crippen molar-refractivity contribution in [2.45, 2.75) is 31.0 Å². The number of aromatic nitrogens is 1. The Kier molecular flexibility index (Phi) is 7.50. The summed E-state index contributed by atoms with van der Waals surface area (Å²) in [6.45, 7) is 1.42. The number of carbonyl (C=O) groups excluding carboxylic acids is 1. The molecule has 0 unspecified atom stereocenters. The second-order valence-electron chi connectivity index (χ2n) is 7.26. The van der Waals surface area contributed by atoms with Crippen LogP contribution in [0.1, 0.15) is 29.5 Å². The van der Waals surface area contributed by atoms with E-state index in [0.29, 0.717) is 56.3 Å². The van der Waals surface area contributed by atoms with Crippen LogP contribution in [0.25, 0.3) is 0 Å². The fraction of sp³-hybridized carbons (Fsp3) is 0.455. The summed E-state index contributed by atoms with van der Waals surface area (Å²) in [5.74, 6) is 0.0294. The summed E-state index contributed by atoms with van der Waals surface area (Å²) in [7, 11) is 1.56. The number of alkyl halides is 3. The smallest absolute Gasteiger partial charge is 0.416 e. The summed E-state index contributed by atoms with van der Waals surface area (Å²) in [6, 6.07) is 8.48. The van der Waals surface area contributed by atoms with Gasteiger partial charge in [0, 0.05) is 38.6 Å². The van der Waals surface area contributed by atoms with Crippen LogP contribution in [0.5, 0.6) is 5.88 Å². The molecule has 1 amide bonds. The van der Waals surface area contributed by atoms with Crippen LogP contribution in [0.3, 0.4) is 0 Å². The normalized spacial score (nSPS) is 16.0. The Morgan fingerprint density at radius 1 is 1.19 bits per heavy atom. The Labute approximate surface area is 178 Å². The molecule has 1 fully saturated rings. The van der Waals surface area contributed by atoms with Crippen LogP contribution >= 0.6 is 0 Å². The number of hydrogen-bond donors (Lipinski definition) is 1. The molecule has 1 aromatic heterocycles. The van der Waals surface area contributed by atoms with Gasteiger partial charge in [0.15, 0.2) is 0 Å². The van der Waals surface area contributed by atoms with Crippen molar-refractivity contribution in [3.63, 3.8) is 0 Å². The van der Waals surface area contributed by atoms with Gasteiger partial charge in [-0.25, -0.2) is 4.98 Å². The van der Waals surface area contributed by atoms with E-state index in [1.165, 1.54) is 6.07 Å². The second-order valence-corrected chi connectivity index (χ2v) is 7.26. The van der Waals surface area contributed by atoms with E-state index in [-0.39, 0.29) is 12.5 Å². The van der Waals surface area contributed by atoms with Crippen LogP contribution in [0.4, 0.5) is 13.2 Å². The number of rotatable bonds is 8. The maximum atomic E-state index is 13.3. The van der Waals surface area contributed by atoms with Gasteiger partial charge in [-0.2, -0.15) is 13.2 Å². The minimum absolute atomic E-state index is 0.135. The molecule has 1 N–H and O–H groups in total. The van der Waals surface area contributed by atoms with Crippen molar-refractivity contribution in [3.05, 3.63) is 59.3 Å². The molecule has 1 saturated heterocycles. The summed E-state index contributed by atoms with van der Waals surface area (Å²) < 4.78 is 55.7. The van der Waals surface area contributed by atoms with Gasteiger partial charge >= 0.3 is 6.18 Å². The number of carbonyl (C=O) groups is 1. The van der Waals surface area contributed by atoms with E-state index in [2.05, 4.69) is 10.3 Å². The molecule has 1 aliphatic heterocycles. The molecule has 31 heavy (non-hydrogen) atoms. The fourth-order valence-corrected chi connectivity index (χ4v) is 3.61. The number of halogens is 3. The average molecular weight is 438 g/mol. The predicted molar refractivity (Wildman–Crippen MR) is 107 cm³/mol. The molecule has 2 aromatic rings. The van der Waals surface area contributed by atoms with Gasteiger partial charge in [0.05, 0.1) is 17.6 Å². The maximum absolute atomic E-state index is 13.3. The lowest BCUT2D eigenvalue weighted by Crippen LogP contribution is -2.48. The maximum Gasteiger partial charge on any atom is 0.416 e. The topological polar surface area (TPSA) is 69.7 Å². The molecule has 0 atom stereocenters.